The van der Waals surface area contributed by atoms with Crippen molar-refractivity contribution in [2.45, 2.75) is 18.4 Å². The van der Waals surface area contributed by atoms with Gasteiger partial charge >= 0.3 is 88.2 Å². The molecule has 0 amide bonds. The van der Waals surface area contributed by atoms with Gasteiger partial charge in [0.05, 0.1) is 12.8 Å². The second-order valence-electron chi connectivity index (χ2n) is 2.48. The quantitative estimate of drug-likeness (QED) is 0.355. The van der Waals surface area contributed by atoms with E-state index in [9.17, 15) is 14.4 Å². The predicted molar refractivity (Wildman–Crippen MR) is 42.9 cm³/mol. The molecular formula is C6H12KLiO8. The van der Waals surface area contributed by atoms with E-state index in [0.717, 1.165) is 0 Å². The van der Waals surface area contributed by atoms with Crippen LogP contribution in [0.4, 0.5) is 0 Å². The number of hydrogen-bond acceptors (Lipinski definition) is 4. The largest absolute Gasteiger partial charge is 1.00 e. The van der Waals surface area contributed by atoms with E-state index in [4.69, 9.17) is 20.4 Å². The first kappa shape index (κ1) is 25.4. The van der Waals surface area contributed by atoms with Crippen LogP contribution >= 0.6 is 0 Å². The average molecular weight is 258 g/mol. The molecule has 6 N–H and O–H groups in total. The Hall–Kier alpha value is 0.564. The molecule has 0 aromatic heterocycles. The Balaban J connectivity index is -0.0000000720. The van der Waals surface area contributed by atoms with E-state index in [1.807, 2.05) is 0 Å². The molecule has 0 spiro atoms. The minimum atomic E-state index is -2.74. The van der Waals surface area contributed by atoms with Crippen molar-refractivity contribution in [1.29, 1.82) is 0 Å². The van der Waals surface area contributed by atoms with E-state index in [-0.39, 0.29) is 78.6 Å². The summed E-state index contributed by atoms with van der Waals surface area (Å²) >= 11 is 0. The van der Waals surface area contributed by atoms with Crippen LogP contribution in [-0.4, -0.2) is 49.4 Å². The van der Waals surface area contributed by atoms with Crippen molar-refractivity contribution in [2.75, 3.05) is 0 Å². The fourth-order valence-electron chi connectivity index (χ4n) is 0.714. The van der Waals surface area contributed by atoms with Crippen LogP contribution in [0.15, 0.2) is 0 Å². The average Bonchev–Trinajstić information content (AvgIpc) is 1.82. The Morgan fingerprint density at radius 2 is 1.25 bits per heavy atom. The Morgan fingerprint density at radius 1 is 1.00 bits per heavy atom. The monoisotopic (exact) mass is 258 g/mol. The van der Waals surface area contributed by atoms with Crippen LogP contribution in [0.1, 0.15) is 15.7 Å². The molecule has 16 heavy (non-hydrogen) atoms. The normalized spacial score (nSPS) is 8.81. The van der Waals surface area contributed by atoms with Gasteiger partial charge in [0.1, 0.15) is 0 Å². The summed E-state index contributed by atoms with van der Waals surface area (Å²) in [5.41, 5.74) is -2.74. The molecule has 0 unspecified atom stereocenters. The Morgan fingerprint density at radius 3 is 1.38 bits per heavy atom. The second-order valence-corrected chi connectivity index (χ2v) is 2.48. The molecule has 0 heterocycles. The molecule has 0 fully saturated rings. The maximum absolute atomic E-state index is 10.3. The molecule has 0 aliphatic carbocycles. The first-order valence-electron chi connectivity index (χ1n) is 3.17. The number of aliphatic hydroxyl groups is 1. The third kappa shape index (κ3) is 9.77. The van der Waals surface area contributed by atoms with Crippen LogP contribution in [-0.2, 0) is 14.4 Å². The maximum Gasteiger partial charge on any atom is 1.00 e. The van der Waals surface area contributed by atoms with Gasteiger partial charge in [0, 0.05) is 0 Å². The number of carboxylic acid groups (broad SMARTS) is 3. The van der Waals surface area contributed by atoms with Crippen molar-refractivity contribution in [3.8, 4) is 0 Å². The molecular weight excluding hydrogens is 246 g/mol. The van der Waals surface area contributed by atoms with E-state index < -0.39 is 36.4 Å². The van der Waals surface area contributed by atoms with Crippen LogP contribution in [0.25, 0.3) is 0 Å². The summed E-state index contributed by atoms with van der Waals surface area (Å²) in [7, 11) is 0. The predicted octanol–water partition coefficient (Wildman–Crippen LogP) is -7.84. The Bertz CT molecular complexity index is 248. The van der Waals surface area contributed by atoms with E-state index in [1.54, 1.807) is 0 Å². The molecule has 0 bridgehead atoms. The van der Waals surface area contributed by atoms with E-state index in [2.05, 4.69) is 0 Å². The molecule has 0 aromatic carbocycles. The zero-order valence-corrected chi connectivity index (χ0v) is 12.1. The number of hydrogen-bond donors (Lipinski definition) is 4. The summed E-state index contributed by atoms with van der Waals surface area (Å²) in [6, 6.07) is 0. The fraction of sp³-hybridized carbons (Fsp3) is 0.500. The van der Waals surface area contributed by atoms with Crippen LogP contribution in [0.3, 0.4) is 0 Å². The molecule has 0 saturated heterocycles. The van der Waals surface area contributed by atoms with Crippen molar-refractivity contribution in [1.82, 2.24) is 0 Å². The Labute approximate surface area is 148 Å². The minimum Gasteiger partial charge on any atom is -1.00 e. The van der Waals surface area contributed by atoms with Crippen molar-refractivity contribution in [2.24, 2.45) is 0 Å². The molecule has 8 nitrogen and oxygen atoms in total. The van der Waals surface area contributed by atoms with E-state index in [1.165, 1.54) is 0 Å². The number of rotatable bonds is 5. The van der Waals surface area contributed by atoms with Gasteiger partial charge in [0.25, 0.3) is 0 Å². The van der Waals surface area contributed by atoms with Gasteiger partial charge in [-0.25, -0.2) is 4.79 Å². The first-order chi connectivity index (χ1) is 5.78. The molecule has 0 saturated carbocycles. The van der Waals surface area contributed by atoms with Gasteiger partial charge in [-0.2, -0.15) is 0 Å². The van der Waals surface area contributed by atoms with Crippen molar-refractivity contribution in [3.05, 3.63) is 0 Å². The molecule has 0 aromatic rings. The second kappa shape index (κ2) is 10.7. The molecule has 0 aliphatic heterocycles. The van der Waals surface area contributed by atoms with Gasteiger partial charge in [-0.05, 0) is 0 Å². The third-order valence-electron chi connectivity index (χ3n) is 1.29. The Kier molecular flexibility index (Phi) is 17.0. The summed E-state index contributed by atoms with van der Waals surface area (Å²) in [5.74, 6) is -5.02. The molecule has 0 aliphatic rings. The van der Waals surface area contributed by atoms with E-state index in [0.29, 0.717) is 0 Å². The molecule has 10 heteroatoms. The molecule has 86 valence electrons. The summed E-state index contributed by atoms with van der Waals surface area (Å²) in [5, 5.41) is 33.8. The van der Waals surface area contributed by atoms with Crippen molar-refractivity contribution in [3.63, 3.8) is 0 Å². The summed E-state index contributed by atoms with van der Waals surface area (Å²) in [6.45, 7) is 0. The van der Waals surface area contributed by atoms with Gasteiger partial charge in [-0.1, -0.05) is 0 Å². The van der Waals surface area contributed by atoms with Gasteiger partial charge in [0.2, 0.25) is 0 Å². The van der Waals surface area contributed by atoms with Crippen LogP contribution < -0.4 is 70.2 Å². The minimum absolute atomic E-state index is 0. The van der Waals surface area contributed by atoms with Crippen LogP contribution in [0.5, 0.6) is 0 Å². The first-order valence-corrected chi connectivity index (χ1v) is 3.17. The zero-order valence-electron chi connectivity index (χ0n) is 10.9. The molecule has 0 rings (SSSR count). The maximum atomic E-state index is 10.3. The topological polar surface area (TPSA) is 164 Å². The van der Waals surface area contributed by atoms with Crippen molar-refractivity contribution >= 4 is 17.9 Å². The standard InChI is InChI=1S/C6H8O7.K.Li.H2O.2H/c7-3(8)1-6(13,5(11)12)2-4(9)10;;;;;/h13H,1-2H2,(H,7,8)(H,9,10)(H,11,12);;;1H2;;/q;2*+1;;2*-1. The summed E-state index contributed by atoms with van der Waals surface area (Å²) in [4.78, 5) is 30.5. The van der Waals surface area contributed by atoms with Crippen LogP contribution in [0.2, 0.25) is 0 Å². The smallest absolute Gasteiger partial charge is 1.00 e. The zero-order chi connectivity index (χ0) is 10.6. The van der Waals surface area contributed by atoms with Crippen molar-refractivity contribution < 1.29 is 113 Å². The van der Waals surface area contributed by atoms with Gasteiger partial charge in [0.15, 0.2) is 5.60 Å². The van der Waals surface area contributed by atoms with Gasteiger partial charge in [-0.3, -0.25) is 9.59 Å². The summed E-state index contributed by atoms with van der Waals surface area (Å²) < 4.78 is 0. The SMILES string of the molecule is O.O=C(O)CC(O)(CC(=O)O)C(=O)O.[H-].[H-].[K+].[Li+]. The van der Waals surface area contributed by atoms with Gasteiger partial charge < -0.3 is 28.8 Å². The number of carboxylic acids is 3. The van der Waals surface area contributed by atoms with Gasteiger partial charge in [-0.15, -0.1) is 0 Å². The number of carbonyl (C=O) groups is 3. The summed E-state index contributed by atoms with van der Waals surface area (Å²) in [6.07, 6.45) is -2.29. The molecule has 0 radical (unpaired) electrons. The molecule has 0 atom stereocenters. The van der Waals surface area contributed by atoms with Crippen LogP contribution in [0, 0.1) is 0 Å². The third-order valence-corrected chi connectivity index (χ3v) is 1.29. The number of aliphatic carboxylic acids is 3. The van der Waals surface area contributed by atoms with E-state index >= 15 is 0 Å². The fourth-order valence-corrected chi connectivity index (χ4v) is 0.714.